The van der Waals surface area contributed by atoms with Crippen LogP contribution in [0.5, 0.6) is 0 Å². The molecule has 2 unspecified atom stereocenters. The highest BCUT2D eigenvalue weighted by Crippen LogP contribution is 2.29. The molecule has 0 aromatic carbocycles. The summed E-state index contributed by atoms with van der Waals surface area (Å²) >= 11 is 3.08. The number of nitrogens with zero attached hydrogens (tertiary/aromatic N) is 2. The summed E-state index contributed by atoms with van der Waals surface area (Å²) in [4.78, 5) is 26.6. The molecule has 2 rings (SSSR count). The van der Waals surface area contributed by atoms with Crippen LogP contribution in [0.3, 0.4) is 0 Å². The molecule has 19 heavy (non-hydrogen) atoms. The average Bonchev–Trinajstić information content (AvgIpc) is 2.97. The molecule has 1 aromatic heterocycles. The lowest BCUT2D eigenvalue weighted by molar-refractivity contribution is -0.141. The normalized spacial score (nSPS) is 22.5. The van der Waals surface area contributed by atoms with Gasteiger partial charge >= 0.3 is 12.0 Å². The van der Waals surface area contributed by atoms with Crippen molar-refractivity contribution >= 4 is 35.1 Å². The maximum Gasteiger partial charge on any atom is 0.327 e. The highest BCUT2D eigenvalue weighted by Gasteiger charge is 2.40. The van der Waals surface area contributed by atoms with Crippen LogP contribution in [0.1, 0.15) is 12.5 Å². The number of amides is 2. The van der Waals surface area contributed by atoms with Crippen LogP contribution in [0.15, 0.2) is 16.8 Å². The molecule has 0 radical (unpaired) electrons. The predicted octanol–water partition coefficient (Wildman–Crippen LogP) is 2.15. The summed E-state index contributed by atoms with van der Waals surface area (Å²) in [5.41, 5.74) is 1.06. The summed E-state index contributed by atoms with van der Waals surface area (Å²) in [7, 11) is 1.70. The first-order valence-electron chi connectivity index (χ1n) is 5.89. The lowest BCUT2D eigenvalue weighted by atomic mass is 10.3. The SMILES string of the molecule is CC1SCC(C(=O)O)N1C(=O)N(C)Cc1ccsc1. The minimum absolute atomic E-state index is 0.0986. The number of rotatable bonds is 3. The molecule has 1 saturated heterocycles. The molecule has 0 aliphatic carbocycles. The van der Waals surface area contributed by atoms with Crippen LogP contribution in [0, 0.1) is 0 Å². The molecule has 1 aliphatic heterocycles. The zero-order valence-corrected chi connectivity index (χ0v) is 12.4. The Kier molecular flexibility index (Phi) is 4.36. The average molecular weight is 300 g/mol. The van der Waals surface area contributed by atoms with Gasteiger partial charge in [-0.05, 0) is 29.3 Å². The Bertz CT molecular complexity index is 464. The molecular formula is C12H16N2O3S2. The van der Waals surface area contributed by atoms with E-state index >= 15 is 0 Å². The molecule has 1 fully saturated rings. The van der Waals surface area contributed by atoms with Gasteiger partial charge in [0.15, 0.2) is 0 Å². The van der Waals surface area contributed by atoms with Crippen molar-refractivity contribution in [1.82, 2.24) is 9.80 Å². The van der Waals surface area contributed by atoms with E-state index in [-0.39, 0.29) is 11.4 Å². The molecule has 1 aliphatic rings. The molecular weight excluding hydrogens is 284 g/mol. The number of thioether (sulfide) groups is 1. The van der Waals surface area contributed by atoms with Crippen LogP contribution in [0.2, 0.25) is 0 Å². The zero-order chi connectivity index (χ0) is 14.0. The van der Waals surface area contributed by atoms with Gasteiger partial charge in [0.25, 0.3) is 0 Å². The second-order valence-electron chi connectivity index (χ2n) is 4.46. The summed E-state index contributed by atoms with van der Waals surface area (Å²) in [6.07, 6.45) is 0. The number of aliphatic carboxylic acids is 1. The minimum atomic E-state index is -0.936. The number of hydrogen-bond donors (Lipinski definition) is 1. The van der Waals surface area contributed by atoms with E-state index < -0.39 is 12.0 Å². The molecule has 104 valence electrons. The maximum absolute atomic E-state index is 12.4. The third kappa shape index (κ3) is 3.03. The third-order valence-corrected chi connectivity index (χ3v) is 5.00. The summed E-state index contributed by atoms with van der Waals surface area (Å²) in [5.74, 6) is -0.483. The van der Waals surface area contributed by atoms with Crippen LogP contribution in [-0.2, 0) is 11.3 Å². The van der Waals surface area contributed by atoms with Crippen molar-refractivity contribution < 1.29 is 14.7 Å². The number of hydrogen-bond acceptors (Lipinski definition) is 4. The largest absolute Gasteiger partial charge is 0.480 e. The lowest BCUT2D eigenvalue weighted by Crippen LogP contribution is -2.49. The van der Waals surface area contributed by atoms with E-state index in [2.05, 4.69) is 0 Å². The second-order valence-corrected chi connectivity index (χ2v) is 6.59. The van der Waals surface area contributed by atoms with Gasteiger partial charge in [-0.15, -0.1) is 11.8 Å². The molecule has 0 bridgehead atoms. The third-order valence-electron chi connectivity index (χ3n) is 3.06. The van der Waals surface area contributed by atoms with Crippen LogP contribution >= 0.6 is 23.1 Å². The smallest absolute Gasteiger partial charge is 0.327 e. The van der Waals surface area contributed by atoms with Crippen molar-refractivity contribution in [1.29, 1.82) is 0 Å². The molecule has 5 nitrogen and oxygen atoms in total. The number of carbonyl (C=O) groups excluding carboxylic acids is 1. The first kappa shape index (κ1) is 14.2. The fraction of sp³-hybridized carbons (Fsp3) is 0.500. The molecule has 7 heteroatoms. The fourth-order valence-electron chi connectivity index (χ4n) is 2.04. The van der Waals surface area contributed by atoms with Gasteiger partial charge in [0, 0.05) is 19.3 Å². The summed E-state index contributed by atoms with van der Waals surface area (Å²) in [5, 5.41) is 13.0. The van der Waals surface area contributed by atoms with Crippen LogP contribution in [0.4, 0.5) is 4.79 Å². The van der Waals surface area contributed by atoms with Crippen molar-refractivity contribution in [3.8, 4) is 0 Å². The number of carboxylic acid groups (broad SMARTS) is 1. The maximum atomic E-state index is 12.4. The van der Waals surface area contributed by atoms with Gasteiger partial charge in [-0.3, -0.25) is 4.90 Å². The number of carbonyl (C=O) groups is 2. The standard InChI is InChI=1S/C12H16N2O3S2/c1-8-14(10(7-19-8)11(15)16)12(17)13(2)5-9-3-4-18-6-9/h3-4,6,8,10H,5,7H2,1-2H3,(H,15,16). The quantitative estimate of drug-likeness (QED) is 0.929. The van der Waals surface area contributed by atoms with Crippen molar-refractivity contribution in [2.24, 2.45) is 0 Å². The molecule has 2 amide bonds. The van der Waals surface area contributed by atoms with Gasteiger partial charge in [-0.2, -0.15) is 11.3 Å². The van der Waals surface area contributed by atoms with E-state index in [0.29, 0.717) is 12.3 Å². The second kappa shape index (κ2) is 5.83. The predicted molar refractivity (Wildman–Crippen MR) is 76.4 cm³/mol. The van der Waals surface area contributed by atoms with Crippen molar-refractivity contribution in [2.75, 3.05) is 12.8 Å². The van der Waals surface area contributed by atoms with Gasteiger partial charge in [0.1, 0.15) is 6.04 Å². The molecule has 2 atom stereocenters. The number of urea groups is 1. The summed E-state index contributed by atoms with van der Waals surface area (Å²) in [6.45, 7) is 2.37. The summed E-state index contributed by atoms with van der Waals surface area (Å²) in [6, 6.07) is 1.01. The van der Waals surface area contributed by atoms with Crippen LogP contribution in [-0.4, -0.2) is 51.1 Å². The van der Waals surface area contributed by atoms with Gasteiger partial charge in [-0.1, -0.05) is 0 Å². The zero-order valence-electron chi connectivity index (χ0n) is 10.8. The monoisotopic (exact) mass is 300 g/mol. The van der Waals surface area contributed by atoms with Crippen LogP contribution in [0.25, 0.3) is 0 Å². The Morgan fingerprint density at radius 3 is 2.89 bits per heavy atom. The minimum Gasteiger partial charge on any atom is -0.480 e. The van der Waals surface area contributed by atoms with E-state index in [1.807, 2.05) is 23.8 Å². The summed E-state index contributed by atoms with van der Waals surface area (Å²) < 4.78 is 0. The van der Waals surface area contributed by atoms with Gasteiger partial charge in [-0.25, -0.2) is 9.59 Å². The van der Waals surface area contributed by atoms with Crippen molar-refractivity contribution in [3.05, 3.63) is 22.4 Å². The Morgan fingerprint density at radius 1 is 1.58 bits per heavy atom. The Morgan fingerprint density at radius 2 is 2.32 bits per heavy atom. The van der Waals surface area contributed by atoms with E-state index in [4.69, 9.17) is 5.11 Å². The first-order valence-corrected chi connectivity index (χ1v) is 7.88. The highest BCUT2D eigenvalue weighted by molar-refractivity contribution is 8.00. The van der Waals surface area contributed by atoms with E-state index in [0.717, 1.165) is 5.56 Å². The number of carboxylic acids is 1. The molecule has 0 saturated carbocycles. The Labute approximate surface area is 120 Å². The molecule has 2 heterocycles. The van der Waals surface area contributed by atoms with Gasteiger partial charge in [0.05, 0.1) is 5.37 Å². The van der Waals surface area contributed by atoms with Crippen molar-refractivity contribution in [2.45, 2.75) is 24.9 Å². The lowest BCUT2D eigenvalue weighted by Gasteiger charge is -2.30. The molecule has 1 N–H and O–H groups in total. The van der Waals surface area contributed by atoms with Gasteiger partial charge in [0.2, 0.25) is 0 Å². The van der Waals surface area contributed by atoms with E-state index in [1.165, 1.54) is 16.7 Å². The highest BCUT2D eigenvalue weighted by atomic mass is 32.2. The van der Waals surface area contributed by atoms with Crippen molar-refractivity contribution in [3.63, 3.8) is 0 Å². The van der Waals surface area contributed by atoms with Gasteiger partial charge < -0.3 is 10.0 Å². The number of thiophene rings is 1. The van der Waals surface area contributed by atoms with Crippen LogP contribution < -0.4 is 0 Å². The van der Waals surface area contributed by atoms with E-state index in [9.17, 15) is 9.59 Å². The topological polar surface area (TPSA) is 60.9 Å². The molecule has 1 aromatic rings. The Balaban J connectivity index is 2.06. The van der Waals surface area contributed by atoms with E-state index in [1.54, 1.807) is 23.3 Å². The fourth-order valence-corrected chi connectivity index (χ4v) is 3.87. The first-order chi connectivity index (χ1) is 9.00. The Hall–Kier alpha value is -1.21. The molecule has 0 spiro atoms.